The summed E-state index contributed by atoms with van der Waals surface area (Å²) in [7, 11) is 1.80. The number of nitrogens with zero attached hydrogens (tertiary/aromatic N) is 4. The molecule has 128 valence electrons. The van der Waals surface area contributed by atoms with Crippen molar-refractivity contribution >= 4 is 23.2 Å². The van der Waals surface area contributed by atoms with Gasteiger partial charge in [-0.3, -0.25) is 9.67 Å². The number of aliphatic imine (C=N–C) groups is 1. The third-order valence-electron chi connectivity index (χ3n) is 4.12. The number of rotatable bonds is 5. The number of anilines is 1. The molecule has 1 unspecified atom stereocenters. The molecule has 2 heterocycles. The van der Waals surface area contributed by atoms with Gasteiger partial charge in [-0.2, -0.15) is 5.10 Å². The fourth-order valence-electron chi connectivity index (χ4n) is 2.89. The number of guanidine groups is 1. The van der Waals surface area contributed by atoms with Crippen LogP contribution in [0.25, 0.3) is 0 Å². The predicted octanol–water partition coefficient (Wildman–Crippen LogP) is 1.98. The molecule has 1 aromatic carbocycles. The molecule has 1 atom stereocenters. The van der Waals surface area contributed by atoms with E-state index in [1.165, 1.54) is 5.69 Å². The molecular formula is C17H23ClN6. The molecule has 0 bridgehead atoms. The highest BCUT2D eigenvalue weighted by Gasteiger charge is 2.23. The van der Waals surface area contributed by atoms with Crippen molar-refractivity contribution in [1.29, 1.82) is 0 Å². The van der Waals surface area contributed by atoms with Crippen molar-refractivity contribution in [3.8, 4) is 0 Å². The normalized spacial score (nSPS) is 18.0. The molecule has 24 heavy (non-hydrogen) atoms. The van der Waals surface area contributed by atoms with Crippen LogP contribution < -0.4 is 15.5 Å². The van der Waals surface area contributed by atoms with Crippen LogP contribution in [0.3, 0.4) is 0 Å². The smallest absolute Gasteiger partial charge is 0.191 e. The summed E-state index contributed by atoms with van der Waals surface area (Å²) in [6.07, 6.45) is 4.82. The van der Waals surface area contributed by atoms with Gasteiger partial charge in [-0.1, -0.05) is 17.7 Å². The van der Waals surface area contributed by atoms with E-state index in [0.29, 0.717) is 6.04 Å². The van der Waals surface area contributed by atoms with Crippen LogP contribution in [0.5, 0.6) is 0 Å². The average Bonchev–Trinajstić information content (AvgIpc) is 3.25. The van der Waals surface area contributed by atoms with Gasteiger partial charge in [-0.15, -0.1) is 0 Å². The second-order valence-corrected chi connectivity index (χ2v) is 6.26. The van der Waals surface area contributed by atoms with Crippen LogP contribution in [0, 0.1) is 0 Å². The number of hydrogen-bond donors (Lipinski definition) is 2. The molecule has 0 spiro atoms. The molecule has 0 aliphatic carbocycles. The summed E-state index contributed by atoms with van der Waals surface area (Å²) in [6, 6.07) is 10.3. The van der Waals surface area contributed by atoms with Gasteiger partial charge in [-0.05, 0) is 30.7 Å². The molecule has 1 aliphatic rings. The monoisotopic (exact) mass is 346 g/mol. The Morgan fingerprint density at radius 2 is 2.33 bits per heavy atom. The van der Waals surface area contributed by atoms with E-state index in [1.807, 2.05) is 35.1 Å². The van der Waals surface area contributed by atoms with Crippen LogP contribution in [0.15, 0.2) is 47.7 Å². The van der Waals surface area contributed by atoms with E-state index < -0.39 is 0 Å². The second kappa shape index (κ2) is 8.06. The van der Waals surface area contributed by atoms with Crippen LogP contribution in [-0.4, -0.2) is 48.5 Å². The summed E-state index contributed by atoms with van der Waals surface area (Å²) in [5.41, 5.74) is 1.17. The summed E-state index contributed by atoms with van der Waals surface area (Å²) in [5.74, 6) is 0.833. The maximum atomic E-state index is 6.09. The van der Waals surface area contributed by atoms with Gasteiger partial charge in [0.25, 0.3) is 0 Å². The number of hydrogen-bond acceptors (Lipinski definition) is 3. The zero-order chi connectivity index (χ0) is 16.8. The molecule has 1 saturated heterocycles. The van der Waals surface area contributed by atoms with Crippen molar-refractivity contribution in [2.24, 2.45) is 4.99 Å². The lowest BCUT2D eigenvalue weighted by Crippen LogP contribution is -2.45. The van der Waals surface area contributed by atoms with Gasteiger partial charge < -0.3 is 15.5 Å². The Morgan fingerprint density at radius 3 is 3.08 bits per heavy atom. The van der Waals surface area contributed by atoms with E-state index in [4.69, 9.17) is 11.6 Å². The number of aromatic nitrogens is 2. The summed E-state index contributed by atoms with van der Waals surface area (Å²) in [4.78, 5) is 6.66. The highest BCUT2D eigenvalue weighted by atomic mass is 35.5. The number of nitrogens with one attached hydrogen (secondary N) is 2. The topological polar surface area (TPSA) is 57.5 Å². The minimum Gasteiger partial charge on any atom is -0.369 e. The van der Waals surface area contributed by atoms with E-state index in [0.717, 1.165) is 43.6 Å². The zero-order valence-electron chi connectivity index (χ0n) is 13.8. The molecule has 3 rings (SSSR count). The highest BCUT2D eigenvalue weighted by molar-refractivity contribution is 6.30. The molecule has 1 aromatic heterocycles. The van der Waals surface area contributed by atoms with Crippen LogP contribution in [0.1, 0.15) is 6.42 Å². The fraction of sp³-hybridized carbons (Fsp3) is 0.412. The molecule has 1 fully saturated rings. The molecule has 0 amide bonds. The first kappa shape index (κ1) is 16.6. The molecule has 1 aliphatic heterocycles. The van der Waals surface area contributed by atoms with Crippen LogP contribution in [0.2, 0.25) is 5.02 Å². The Kier molecular flexibility index (Phi) is 5.59. The SMILES string of the molecule is CN=C(NCCn1cccn1)NC1CCN(c2cccc(Cl)c2)C1. The molecule has 6 nitrogen and oxygen atoms in total. The van der Waals surface area contributed by atoms with E-state index >= 15 is 0 Å². The van der Waals surface area contributed by atoms with Gasteiger partial charge in [0.1, 0.15) is 0 Å². The molecule has 7 heteroatoms. The van der Waals surface area contributed by atoms with E-state index in [1.54, 1.807) is 13.2 Å². The van der Waals surface area contributed by atoms with Crippen molar-refractivity contribution in [2.45, 2.75) is 19.0 Å². The van der Waals surface area contributed by atoms with Gasteiger partial charge in [0, 0.05) is 55.8 Å². The molecule has 0 radical (unpaired) electrons. The lowest BCUT2D eigenvalue weighted by atomic mass is 10.3. The van der Waals surface area contributed by atoms with Crippen molar-refractivity contribution in [2.75, 3.05) is 31.6 Å². The minimum atomic E-state index is 0.375. The Bertz CT molecular complexity index is 669. The Morgan fingerprint density at radius 1 is 1.42 bits per heavy atom. The van der Waals surface area contributed by atoms with Crippen molar-refractivity contribution in [1.82, 2.24) is 20.4 Å². The van der Waals surface area contributed by atoms with Crippen molar-refractivity contribution < 1.29 is 0 Å². The first-order chi connectivity index (χ1) is 11.7. The lowest BCUT2D eigenvalue weighted by Gasteiger charge is -2.20. The largest absolute Gasteiger partial charge is 0.369 e. The van der Waals surface area contributed by atoms with Crippen LogP contribution in [-0.2, 0) is 6.54 Å². The van der Waals surface area contributed by atoms with Crippen molar-refractivity contribution in [3.05, 3.63) is 47.7 Å². The van der Waals surface area contributed by atoms with Gasteiger partial charge in [0.05, 0.1) is 6.54 Å². The molecule has 2 aromatic rings. The van der Waals surface area contributed by atoms with Gasteiger partial charge in [0.15, 0.2) is 5.96 Å². The first-order valence-electron chi connectivity index (χ1n) is 8.20. The van der Waals surface area contributed by atoms with E-state index in [-0.39, 0.29) is 0 Å². The third kappa shape index (κ3) is 4.41. The quantitative estimate of drug-likeness (QED) is 0.642. The fourth-order valence-corrected chi connectivity index (χ4v) is 3.08. The summed E-state index contributed by atoms with van der Waals surface area (Å²) in [6.45, 7) is 3.56. The van der Waals surface area contributed by atoms with Crippen LogP contribution in [0.4, 0.5) is 5.69 Å². The van der Waals surface area contributed by atoms with Gasteiger partial charge in [0.2, 0.25) is 0 Å². The molecule has 0 saturated carbocycles. The van der Waals surface area contributed by atoms with Gasteiger partial charge >= 0.3 is 0 Å². The van der Waals surface area contributed by atoms with Crippen molar-refractivity contribution in [3.63, 3.8) is 0 Å². The predicted molar refractivity (Wildman–Crippen MR) is 98.8 cm³/mol. The number of benzene rings is 1. The summed E-state index contributed by atoms with van der Waals surface area (Å²) in [5, 5.41) is 11.8. The minimum absolute atomic E-state index is 0.375. The highest BCUT2D eigenvalue weighted by Crippen LogP contribution is 2.23. The average molecular weight is 347 g/mol. The molecule has 2 N–H and O–H groups in total. The Hall–Kier alpha value is -2.21. The molecular weight excluding hydrogens is 324 g/mol. The van der Waals surface area contributed by atoms with E-state index in [9.17, 15) is 0 Å². The van der Waals surface area contributed by atoms with E-state index in [2.05, 4.69) is 31.7 Å². The lowest BCUT2D eigenvalue weighted by molar-refractivity contribution is 0.587. The Labute approximate surface area is 147 Å². The Balaban J connectivity index is 1.46. The maximum absolute atomic E-state index is 6.09. The summed E-state index contributed by atoms with van der Waals surface area (Å²) >= 11 is 6.09. The maximum Gasteiger partial charge on any atom is 0.191 e. The first-order valence-corrected chi connectivity index (χ1v) is 8.57. The third-order valence-corrected chi connectivity index (χ3v) is 4.35. The van der Waals surface area contributed by atoms with Crippen LogP contribution >= 0.6 is 11.6 Å². The summed E-state index contributed by atoms with van der Waals surface area (Å²) < 4.78 is 1.90. The zero-order valence-corrected chi connectivity index (χ0v) is 14.6. The second-order valence-electron chi connectivity index (χ2n) is 5.82. The standard InChI is InChI=1S/C17H23ClN6/c1-19-17(20-8-11-24-9-3-7-21-24)22-15-6-10-23(13-15)16-5-2-4-14(18)12-16/h2-5,7,9,12,15H,6,8,10-11,13H2,1H3,(H2,19,20,22). The van der Waals surface area contributed by atoms with Gasteiger partial charge in [-0.25, -0.2) is 0 Å². The number of halogens is 1.